The lowest BCUT2D eigenvalue weighted by atomic mass is 9.98. The molecule has 3 N–H and O–H groups in total. The van der Waals surface area contributed by atoms with Gasteiger partial charge in [0.1, 0.15) is 11.9 Å². The van der Waals surface area contributed by atoms with Gasteiger partial charge in [0.15, 0.2) is 5.75 Å². The van der Waals surface area contributed by atoms with E-state index in [9.17, 15) is 19.1 Å². The van der Waals surface area contributed by atoms with Crippen LogP contribution in [0.1, 0.15) is 29.8 Å². The summed E-state index contributed by atoms with van der Waals surface area (Å²) < 4.78 is 20.0. The minimum absolute atomic E-state index is 0.0971. The Kier molecular flexibility index (Phi) is 10.1. The molecule has 5 rings (SSSR count). The van der Waals surface area contributed by atoms with E-state index in [0.29, 0.717) is 36.6 Å². The average molecular weight is 611 g/mol. The summed E-state index contributed by atoms with van der Waals surface area (Å²) in [5.41, 5.74) is 4.52. The molecule has 0 aliphatic carbocycles. The largest absolute Gasteiger partial charge is 0.486 e. The molecule has 0 radical (unpaired) electrons. The first kappa shape index (κ1) is 31.7. The second kappa shape index (κ2) is 14.4. The van der Waals surface area contributed by atoms with Crippen LogP contribution in [0.5, 0.6) is 5.75 Å². The molecule has 45 heavy (non-hydrogen) atoms. The van der Waals surface area contributed by atoms with Crippen molar-refractivity contribution in [3.63, 3.8) is 0 Å². The zero-order chi connectivity index (χ0) is 31.9. The van der Waals surface area contributed by atoms with E-state index in [2.05, 4.69) is 51.9 Å². The van der Waals surface area contributed by atoms with Gasteiger partial charge in [-0.1, -0.05) is 67.6 Å². The molecule has 0 saturated carbocycles. The third kappa shape index (κ3) is 7.87. The number of halogens is 1. The number of benzene rings is 4. The van der Waals surface area contributed by atoms with Crippen LogP contribution in [0.25, 0.3) is 11.1 Å². The van der Waals surface area contributed by atoms with Crippen molar-refractivity contribution in [2.45, 2.75) is 32.5 Å². The lowest BCUT2D eigenvalue weighted by Gasteiger charge is -2.38. The number of fused-ring (bicyclic) bond motifs is 1. The van der Waals surface area contributed by atoms with Gasteiger partial charge in [-0.3, -0.25) is 9.69 Å². The van der Waals surface area contributed by atoms with Gasteiger partial charge in [0.05, 0.1) is 23.9 Å². The van der Waals surface area contributed by atoms with Crippen LogP contribution in [0.15, 0.2) is 97.1 Å². The number of rotatable bonds is 9. The van der Waals surface area contributed by atoms with Gasteiger partial charge in [-0.05, 0) is 67.1 Å². The molecule has 0 fully saturated rings. The van der Waals surface area contributed by atoms with Crippen LogP contribution < -0.4 is 15.4 Å². The van der Waals surface area contributed by atoms with E-state index in [-0.39, 0.29) is 30.3 Å². The Labute approximate surface area is 263 Å². The van der Waals surface area contributed by atoms with E-state index < -0.39 is 17.9 Å². The number of para-hydroxylation sites is 1. The topological polar surface area (TPSA) is 94.1 Å². The standard InChI is InChI=1S/C36H39FN4O4/c1-24-20-41(25(2)23-42)35(43)31-10-7-11-32(39-36(44)38-30-18-16-29(37)17-19-30)34(31)45-33(24)22-40(3)21-26-12-14-28(15-13-26)27-8-5-4-6-9-27/h4-19,24-25,33,42H,20-23H2,1-3H3,(H2,38,39,44)/t24-,25+,33-/m0/s1. The van der Waals surface area contributed by atoms with Crippen molar-refractivity contribution in [3.8, 4) is 16.9 Å². The lowest BCUT2D eigenvalue weighted by molar-refractivity contribution is 0.0343. The Hall–Kier alpha value is -4.73. The average Bonchev–Trinajstić information content (AvgIpc) is 3.04. The number of nitrogens with one attached hydrogen (secondary N) is 2. The number of hydrogen-bond donors (Lipinski definition) is 3. The van der Waals surface area contributed by atoms with Gasteiger partial charge < -0.3 is 25.4 Å². The van der Waals surface area contributed by atoms with Crippen molar-refractivity contribution in [3.05, 3.63) is 114 Å². The van der Waals surface area contributed by atoms with Crippen LogP contribution in [-0.4, -0.2) is 65.7 Å². The van der Waals surface area contributed by atoms with E-state index in [4.69, 9.17) is 4.74 Å². The minimum atomic E-state index is -0.561. The fourth-order valence-corrected chi connectivity index (χ4v) is 5.49. The molecule has 9 heteroatoms. The summed E-state index contributed by atoms with van der Waals surface area (Å²) in [4.78, 5) is 30.5. The van der Waals surface area contributed by atoms with Crippen molar-refractivity contribution in [1.29, 1.82) is 0 Å². The van der Waals surface area contributed by atoms with Crippen LogP contribution in [0.2, 0.25) is 0 Å². The summed E-state index contributed by atoms with van der Waals surface area (Å²) in [6.07, 6.45) is -0.345. The first-order chi connectivity index (χ1) is 21.7. The van der Waals surface area contributed by atoms with Gasteiger partial charge in [0, 0.05) is 31.2 Å². The predicted octanol–water partition coefficient (Wildman–Crippen LogP) is 6.49. The number of urea groups is 1. The van der Waals surface area contributed by atoms with Gasteiger partial charge in [-0.25, -0.2) is 9.18 Å². The molecule has 4 aromatic carbocycles. The predicted molar refractivity (Wildman–Crippen MR) is 175 cm³/mol. The number of carbonyl (C=O) groups excluding carboxylic acids is 2. The van der Waals surface area contributed by atoms with E-state index in [1.165, 1.54) is 29.8 Å². The second-order valence-corrected chi connectivity index (χ2v) is 11.7. The molecule has 3 atom stereocenters. The zero-order valence-electron chi connectivity index (χ0n) is 25.7. The van der Waals surface area contributed by atoms with E-state index in [1.54, 1.807) is 23.1 Å². The van der Waals surface area contributed by atoms with Crippen molar-refractivity contribution in [2.24, 2.45) is 5.92 Å². The highest BCUT2D eigenvalue weighted by Gasteiger charge is 2.34. The number of aliphatic hydroxyl groups excluding tert-OH is 1. The first-order valence-electron chi connectivity index (χ1n) is 15.1. The summed E-state index contributed by atoms with van der Waals surface area (Å²) in [7, 11) is 2.03. The summed E-state index contributed by atoms with van der Waals surface area (Å²) in [6, 6.07) is 28.2. The summed E-state index contributed by atoms with van der Waals surface area (Å²) in [5, 5.41) is 15.5. The Morgan fingerprint density at radius 1 is 0.978 bits per heavy atom. The molecule has 0 spiro atoms. The highest BCUT2D eigenvalue weighted by Crippen LogP contribution is 2.35. The molecule has 0 aromatic heterocycles. The Bertz CT molecular complexity index is 1600. The fraction of sp³-hybridized carbons (Fsp3) is 0.278. The SMILES string of the molecule is C[C@H](CO)N1C[C@H](C)[C@H](CN(C)Cc2ccc(-c3ccccc3)cc2)Oc2c(NC(=O)Nc3ccc(F)cc3)cccc2C1=O. The van der Waals surface area contributed by atoms with Crippen molar-refractivity contribution < 1.29 is 23.8 Å². The molecule has 8 nitrogen and oxygen atoms in total. The monoisotopic (exact) mass is 610 g/mol. The normalized spacial score (nSPS) is 17.1. The van der Waals surface area contributed by atoms with Gasteiger partial charge in [0.2, 0.25) is 0 Å². The number of nitrogens with zero attached hydrogens (tertiary/aromatic N) is 2. The van der Waals surface area contributed by atoms with Crippen molar-refractivity contribution in [1.82, 2.24) is 9.80 Å². The minimum Gasteiger partial charge on any atom is -0.486 e. The molecule has 0 bridgehead atoms. The quantitative estimate of drug-likeness (QED) is 0.202. The molecule has 3 amide bonds. The maximum Gasteiger partial charge on any atom is 0.323 e. The smallest absolute Gasteiger partial charge is 0.323 e. The molecule has 1 aliphatic rings. The molecular weight excluding hydrogens is 571 g/mol. The summed E-state index contributed by atoms with van der Waals surface area (Å²) in [5.74, 6) is -0.524. The molecule has 4 aromatic rings. The van der Waals surface area contributed by atoms with Crippen molar-refractivity contribution >= 4 is 23.3 Å². The van der Waals surface area contributed by atoms with Gasteiger partial charge in [0.25, 0.3) is 5.91 Å². The van der Waals surface area contributed by atoms with E-state index in [1.807, 2.05) is 39.1 Å². The van der Waals surface area contributed by atoms with E-state index >= 15 is 0 Å². The van der Waals surface area contributed by atoms with Crippen molar-refractivity contribution in [2.75, 3.05) is 37.4 Å². The van der Waals surface area contributed by atoms with Crippen LogP contribution in [0, 0.1) is 11.7 Å². The molecule has 1 heterocycles. The highest BCUT2D eigenvalue weighted by molar-refractivity contribution is 6.04. The van der Waals surface area contributed by atoms with Gasteiger partial charge >= 0.3 is 6.03 Å². The number of aliphatic hydroxyl groups is 1. The van der Waals surface area contributed by atoms with Crippen LogP contribution in [-0.2, 0) is 6.54 Å². The molecular formula is C36H39FN4O4. The number of amides is 3. The Morgan fingerprint density at radius 3 is 2.36 bits per heavy atom. The molecule has 234 valence electrons. The molecule has 1 aliphatic heterocycles. The maximum absolute atomic E-state index is 13.8. The highest BCUT2D eigenvalue weighted by atomic mass is 19.1. The van der Waals surface area contributed by atoms with Crippen LogP contribution in [0.3, 0.4) is 0 Å². The lowest BCUT2D eigenvalue weighted by Crippen LogP contribution is -2.49. The third-order valence-electron chi connectivity index (χ3n) is 8.05. The number of anilines is 2. The first-order valence-corrected chi connectivity index (χ1v) is 15.1. The number of hydrogen-bond acceptors (Lipinski definition) is 5. The van der Waals surface area contributed by atoms with Crippen LogP contribution in [0.4, 0.5) is 20.6 Å². The molecule has 0 unspecified atom stereocenters. The van der Waals surface area contributed by atoms with Gasteiger partial charge in [-0.2, -0.15) is 0 Å². The summed E-state index contributed by atoms with van der Waals surface area (Å²) >= 11 is 0. The fourth-order valence-electron chi connectivity index (χ4n) is 5.49. The van der Waals surface area contributed by atoms with Gasteiger partial charge in [-0.15, -0.1) is 0 Å². The van der Waals surface area contributed by atoms with E-state index in [0.717, 1.165) is 11.1 Å². The molecule has 0 saturated heterocycles. The number of ether oxygens (including phenoxy) is 1. The number of likely N-dealkylation sites (N-methyl/N-ethyl adjacent to an activating group) is 1. The summed E-state index contributed by atoms with van der Waals surface area (Å²) in [6.45, 7) is 5.28. The van der Waals surface area contributed by atoms with Crippen LogP contribution >= 0.6 is 0 Å². The Morgan fingerprint density at radius 2 is 1.67 bits per heavy atom. The Balaban J connectivity index is 1.37. The number of carbonyl (C=O) groups is 2. The third-order valence-corrected chi connectivity index (χ3v) is 8.05. The second-order valence-electron chi connectivity index (χ2n) is 11.7. The zero-order valence-corrected chi connectivity index (χ0v) is 25.7. The maximum atomic E-state index is 13.8.